The first kappa shape index (κ1) is 18.4. The number of amides is 2. The summed E-state index contributed by atoms with van der Waals surface area (Å²) >= 11 is 5.86. The highest BCUT2D eigenvalue weighted by Crippen LogP contribution is 2.24. The summed E-state index contributed by atoms with van der Waals surface area (Å²) in [5.41, 5.74) is 1.54. The second-order valence-electron chi connectivity index (χ2n) is 6.57. The summed E-state index contributed by atoms with van der Waals surface area (Å²) in [7, 11) is 1.78. The monoisotopic (exact) mass is 371 g/mol. The average Bonchev–Trinajstić information content (AvgIpc) is 3.42. The van der Waals surface area contributed by atoms with E-state index in [9.17, 15) is 9.59 Å². The van der Waals surface area contributed by atoms with Gasteiger partial charge in [-0.15, -0.1) is 0 Å². The zero-order valence-electron chi connectivity index (χ0n) is 14.6. The first-order valence-corrected chi connectivity index (χ1v) is 9.01. The fraction of sp³-hybridized carbons (Fsp3) is 0.300. The molecule has 0 spiro atoms. The molecule has 1 atom stereocenters. The van der Waals surface area contributed by atoms with Gasteiger partial charge in [-0.25, -0.2) is 0 Å². The number of anilines is 1. The van der Waals surface area contributed by atoms with Gasteiger partial charge in [0, 0.05) is 16.8 Å². The molecule has 0 radical (unpaired) electrons. The number of hydrogen-bond acceptors (Lipinski definition) is 3. The van der Waals surface area contributed by atoms with E-state index in [0.29, 0.717) is 10.7 Å². The van der Waals surface area contributed by atoms with Gasteiger partial charge in [0.15, 0.2) is 0 Å². The molecule has 2 aromatic carbocycles. The number of benzene rings is 2. The topological polar surface area (TPSA) is 61.4 Å². The summed E-state index contributed by atoms with van der Waals surface area (Å²) in [6, 6.07) is 16.2. The van der Waals surface area contributed by atoms with E-state index in [1.165, 1.54) is 0 Å². The molecule has 2 aromatic rings. The smallest absolute Gasteiger partial charge is 0.242 e. The second kappa shape index (κ2) is 8.34. The highest BCUT2D eigenvalue weighted by molar-refractivity contribution is 6.30. The van der Waals surface area contributed by atoms with Crippen molar-refractivity contribution in [3.8, 4) is 0 Å². The van der Waals surface area contributed by atoms with Crippen LogP contribution in [0.25, 0.3) is 0 Å². The molecule has 6 heteroatoms. The number of carbonyl (C=O) groups is 2. The Labute approximate surface area is 158 Å². The molecule has 0 aliphatic heterocycles. The van der Waals surface area contributed by atoms with E-state index in [2.05, 4.69) is 10.6 Å². The van der Waals surface area contributed by atoms with Crippen molar-refractivity contribution in [1.82, 2.24) is 10.2 Å². The fourth-order valence-electron chi connectivity index (χ4n) is 2.80. The van der Waals surface area contributed by atoms with Gasteiger partial charge in [-0.3, -0.25) is 14.5 Å². The predicted octanol–water partition coefficient (Wildman–Crippen LogP) is 3.23. The third kappa shape index (κ3) is 5.07. The van der Waals surface area contributed by atoms with Crippen LogP contribution < -0.4 is 10.6 Å². The first-order valence-electron chi connectivity index (χ1n) is 8.64. The summed E-state index contributed by atoms with van der Waals surface area (Å²) in [6.07, 6.45) is 2.04. The number of halogens is 1. The van der Waals surface area contributed by atoms with Gasteiger partial charge in [0.25, 0.3) is 0 Å². The van der Waals surface area contributed by atoms with E-state index in [1.54, 1.807) is 36.2 Å². The van der Waals surface area contributed by atoms with Gasteiger partial charge in [0.2, 0.25) is 11.8 Å². The lowest BCUT2D eigenvalue weighted by Crippen LogP contribution is -2.42. The van der Waals surface area contributed by atoms with Crippen molar-refractivity contribution in [2.45, 2.75) is 24.9 Å². The zero-order valence-corrected chi connectivity index (χ0v) is 15.4. The Morgan fingerprint density at radius 1 is 1.12 bits per heavy atom. The Kier molecular flexibility index (Phi) is 5.91. The normalized spacial score (nSPS) is 14.7. The largest absolute Gasteiger partial charge is 0.352 e. The quantitative estimate of drug-likeness (QED) is 0.785. The number of nitrogens with zero attached hydrogens (tertiary/aromatic N) is 1. The number of hydrogen-bond donors (Lipinski definition) is 2. The molecule has 1 fully saturated rings. The van der Waals surface area contributed by atoms with Gasteiger partial charge in [-0.2, -0.15) is 0 Å². The molecule has 0 aromatic heterocycles. The van der Waals surface area contributed by atoms with Crippen LogP contribution in [0.2, 0.25) is 5.02 Å². The number of carbonyl (C=O) groups excluding carboxylic acids is 2. The molecule has 0 saturated heterocycles. The third-order valence-corrected chi connectivity index (χ3v) is 4.50. The summed E-state index contributed by atoms with van der Waals surface area (Å²) in [4.78, 5) is 26.9. The molecular formula is C20H22ClN3O2. The minimum absolute atomic E-state index is 0.0690. The molecule has 1 aliphatic carbocycles. The SMILES string of the molecule is CN(CC(=O)Nc1ccc(Cl)cc1)[C@@H](C(=O)NC1CC1)c1ccccc1. The van der Waals surface area contributed by atoms with Crippen molar-refractivity contribution in [3.63, 3.8) is 0 Å². The maximum atomic E-state index is 12.7. The second-order valence-corrected chi connectivity index (χ2v) is 7.00. The molecule has 3 rings (SSSR count). The molecule has 1 saturated carbocycles. The predicted molar refractivity (Wildman–Crippen MR) is 103 cm³/mol. The molecule has 0 unspecified atom stereocenters. The van der Waals surface area contributed by atoms with Gasteiger partial charge in [0.05, 0.1) is 6.54 Å². The maximum absolute atomic E-state index is 12.7. The Morgan fingerprint density at radius 2 is 1.77 bits per heavy atom. The van der Waals surface area contributed by atoms with E-state index in [1.807, 2.05) is 30.3 Å². The lowest BCUT2D eigenvalue weighted by atomic mass is 10.0. The molecule has 26 heavy (non-hydrogen) atoms. The van der Waals surface area contributed by atoms with Crippen LogP contribution in [-0.2, 0) is 9.59 Å². The van der Waals surface area contributed by atoms with Crippen LogP contribution in [-0.4, -0.2) is 36.3 Å². The van der Waals surface area contributed by atoms with Gasteiger partial charge in [-0.1, -0.05) is 41.9 Å². The molecule has 2 N–H and O–H groups in total. The summed E-state index contributed by atoms with van der Waals surface area (Å²) in [5.74, 6) is -0.254. The van der Waals surface area contributed by atoms with E-state index in [4.69, 9.17) is 11.6 Å². The van der Waals surface area contributed by atoms with Gasteiger partial charge in [-0.05, 0) is 49.7 Å². The van der Waals surface area contributed by atoms with Crippen LogP contribution >= 0.6 is 11.6 Å². The van der Waals surface area contributed by atoms with E-state index in [-0.39, 0.29) is 24.4 Å². The van der Waals surface area contributed by atoms with Crippen LogP contribution in [0, 0.1) is 0 Å². The third-order valence-electron chi connectivity index (χ3n) is 4.25. The van der Waals surface area contributed by atoms with Crippen LogP contribution in [0.15, 0.2) is 54.6 Å². The molecule has 0 heterocycles. The summed E-state index contributed by atoms with van der Waals surface area (Å²) < 4.78 is 0. The number of likely N-dealkylation sites (N-methyl/N-ethyl adjacent to an activating group) is 1. The average molecular weight is 372 g/mol. The maximum Gasteiger partial charge on any atom is 0.242 e. The van der Waals surface area contributed by atoms with Crippen LogP contribution in [0.5, 0.6) is 0 Å². The Balaban J connectivity index is 1.67. The highest BCUT2D eigenvalue weighted by Gasteiger charge is 2.31. The van der Waals surface area contributed by atoms with E-state index < -0.39 is 6.04 Å². The number of nitrogens with one attached hydrogen (secondary N) is 2. The minimum Gasteiger partial charge on any atom is -0.352 e. The van der Waals surface area contributed by atoms with Crippen molar-refractivity contribution in [3.05, 3.63) is 65.2 Å². The molecule has 2 amide bonds. The first-order chi connectivity index (χ1) is 12.5. The summed E-state index contributed by atoms with van der Waals surface area (Å²) in [6.45, 7) is 0.0975. The molecule has 136 valence electrons. The van der Waals surface area contributed by atoms with Crippen molar-refractivity contribution < 1.29 is 9.59 Å². The van der Waals surface area contributed by atoms with Crippen LogP contribution in [0.3, 0.4) is 0 Å². The van der Waals surface area contributed by atoms with Gasteiger partial charge >= 0.3 is 0 Å². The zero-order chi connectivity index (χ0) is 18.5. The van der Waals surface area contributed by atoms with Crippen molar-refractivity contribution in [1.29, 1.82) is 0 Å². The fourth-order valence-corrected chi connectivity index (χ4v) is 2.93. The molecule has 5 nitrogen and oxygen atoms in total. The Morgan fingerprint density at radius 3 is 2.38 bits per heavy atom. The van der Waals surface area contributed by atoms with E-state index >= 15 is 0 Å². The molecule has 0 bridgehead atoms. The Hall–Kier alpha value is -2.37. The van der Waals surface area contributed by atoms with Crippen molar-refractivity contribution >= 4 is 29.1 Å². The highest BCUT2D eigenvalue weighted by atomic mass is 35.5. The molecular weight excluding hydrogens is 350 g/mol. The lowest BCUT2D eigenvalue weighted by Gasteiger charge is -2.27. The van der Waals surface area contributed by atoms with Crippen molar-refractivity contribution in [2.75, 3.05) is 18.9 Å². The van der Waals surface area contributed by atoms with Crippen LogP contribution in [0.1, 0.15) is 24.4 Å². The standard InChI is InChI=1S/C20H22ClN3O2/c1-24(13-18(25)22-16-9-7-15(21)8-10-16)19(14-5-3-2-4-6-14)20(26)23-17-11-12-17/h2-10,17,19H,11-13H2,1H3,(H,22,25)(H,23,26)/t19-/m1/s1. The summed E-state index contributed by atoms with van der Waals surface area (Å²) in [5, 5.41) is 6.48. The van der Waals surface area contributed by atoms with Crippen molar-refractivity contribution in [2.24, 2.45) is 0 Å². The minimum atomic E-state index is -0.507. The van der Waals surface area contributed by atoms with Gasteiger partial charge in [0.1, 0.15) is 6.04 Å². The Bertz CT molecular complexity index is 760. The lowest BCUT2D eigenvalue weighted by molar-refractivity contribution is -0.127. The van der Waals surface area contributed by atoms with Crippen LogP contribution in [0.4, 0.5) is 5.69 Å². The molecule has 1 aliphatic rings. The van der Waals surface area contributed by atoms with E-state index in [0.717, 1.165) is 18.4 Å². The van der Waals surface area contributed by atoms with Gasteiger partial charge < -0.3 is 10.6 Å². The number of rotatable bonds is 7.